The molecule has 0 aromatic carbocycles. The van der Waals surface area contributed by atoms with Crippen molar-refractivity contribution in [2.75, 3.05) is 0 Å². The standard InChI is InChI=1S/C3H6O3.Sc/c1-2(4)3(5)6;/h2,4H,1H3,(H,5,6);. The number of aliphatic hydroxyl groups is 1. The molecule has 0 aliphatic heterocycles. The number of carbonyl (C=O) groups is 1. The van der Waals surface area contributed by atoms with E-state index in [1.807, 2.05) is 0 Å². The van der Waals surface area contributed by atoms with E-state index in [0.717, 1.165) is 0 Å². The molecule has 0 bridgehead atoms. The summed E-state index contributed by atoms with van der Waals surface area (Å²) in [4.78, 5) is 9.45. The van der Waals surface area contributed by atoms with Gasteiger partial charge in [-0.2, -0.15) is 0 Å². The Morgan fingerprint density at radius 1 is 1.71 bits per heavy atom. The average molecular weight is 135 g/mol. The third-order valence-electron chi connectivity index (χ3n) is 0.357. The third kappa shape index (κ3) is 6.30. The van der Waals surface area contributed by atoms with Gasteiger partial charge in [-0.1, -0.05) is 0 Å². The second kappa shape index (κ2) is 4.46. The molecule has 0 aromatic heterocycles. The van der Waals surface area contributed by atoms with Crippen LogP contribution in [-0.4, -0.2) is 22.3 Å². The fraction of sp³-hybridized carbons (Fsp3) is 0.667. The van der Waals surface area contributed by atoms with E-state index in [1.54, 1.807) is 0 Å². The number of hydrogen-bond acceptors (Lipinski definition) is 2. The predicted molar refractivity (Wildman–Crippen MR) is 19.3 cm³/mol. The fourth-order valence-electron chi connectivity index (χ4n) is 0. The maximum Gasteiger partial charge on any atom is 0.332 e. The Labute approximate surface area is 60.1 Å². The summed E-state index contributed by atoms with van der Waals surface area (Å²) in [5.74, 6) is -1.19. The van der Waals surface area contributed by atoms with E-state index in [-0.39, 0.29) is 25.8 Å². The zero-order valence-electron chi connectivity index (χ0n) is 3.96. The molecule has 0 saturated heterocycles. The molecule has 0 amide bonds. The largest absolute Gasteiger partial charge is 0.479 e. The SMILES string of the molecule is CC(O)C(=O)O.[Sc]. The van der Waals surface area contributed by atoms with Crippen molar-refractivity contribution in [1.82, 2.24) is 0 Å². The van der Waals surface area contributed by atoms with Gasteiger partial charge in [-0.25, -0.2) is 4.79 Å². The Hall–Kier alpha value is 0.300. The van der Waals surface area contributed by atoms with Gasteiger partial charge in [0.05, 0.1) is 0 Å². The quantitative estimate of drug-likeness (QED) is 0.507. The molecule has 0 rings (SSSR count). The first-order valence-electron chi connectivity index (χ1n) is 1.55. The molecule has 3 nitrogen and oxygen atoms in total. The van der Waals surface area contributed by atoms with Gasteiger partial charge in [-0.15, -0.1) is 0 Å². The van der Waals surface area contributed by atoms with E-state index in [1.165, 1.54) is 6.92 Å². The van der Waals surface area contributed by atoms with Crippen LogP contribution in [0.25, 0.3) is 0 Å². The van der Waals surface area contributed by atoms with E-state index < -0.39 is 12.1 Å². The maximum atomic E-state index is 9.45. The van der Waals surface area contributed by atoms with E-state index in [0.29, 0.717) is 0 Å². The first-order valence-corrected chi connectivity index (χ1v) is 1.55. The van der Waals surface area contributed by atoms with Gasteiger partial charge in [-0.05, 0) is 6.92 Å². The second-order valence-electron chi connectivity index (χ2n) is 1.01. The first-order chi connectivity index (χ1) is 2.64. The molecular formula is C3H6O3Sc. The summed E-state index contributed by atoms with van der Waals surface area (Å²) in [6.07, 6.45) is -1.23. The van der Waals surface area contributed by atoms with Crippen LogP contribution >= 0.6 is 0 Å². The zero-order valence-corrected chi connectivity index (χ0v) is 5.76. The molecule has 0 heterocycles. The minimum Gasteiger partial charge on any atom is -0.479 e. The molecule has 1 atom stereocenters. The number of aliphatic hydroxyl groups excluding tert-OH is 1. The van der Waals surface area contributed by atoms with Crippen molar-refractivity contribution in [1.29, 1.82) is 0 Å². The van der Waals surface area contributed by atoms with Gasteiger partial charge in [0.1, 0.15) is 6.10 Å². The Balaban J connectivity index is 0. The van der Waals surface area contributed by atoms with E-state index in [2.05, 4.69) is 0 Å². The molecule has 0 saturated carbocycles. The number of carboxylic acids is 1. The summed E-state index contributed by atoms with van der Waals surface area (Å²) >= 11 is 0. The molecule has 0 aliphatic carbocycles. The van der Waals surface area contributed by atoms with Crippen LogP contribution in [0.1, 0.15) is 6.92 Å². The fourth-order valence-corrected chi connectivity index (χ4v) is 0. The Bertz CT molecular complexity index is 61.2. The summed E-state index contributed by atoms with van der Waals surface area (Å²) < 4.78 is 0. The predicted octanol–water partition coefficient (Wildman–Crippen LogP) is -0.551. The molecule has 1 unspecified atom stereocenters. The van der Waals surface area contributed by atoms with Gasteiger partial charge in [0.15, 0.2) is 0 Å². The van der Waals surface area contributed by atoms with Crippen LogP contribution in [0.3, 0.4) is 0 Å². The van der Waals surface area contributed by atoms with Crippen LogP contribution < -0.4 is 0 Å². The van der Waals surface area contributed by atoms with Gasteiger partial charge in [0.2, 0.25) is 0 Å². The molecule has 1 radical (unpaired) electrons. The van der Waals surface area contributed by atoms with Gasteiger partial charge < -0.3 is 10.2 Å². The summed E-state index contributed by atoms with van der Waals surface area (Å²) in [7, 11) is 0. The van der Waals surface area contributed by atoms with Crippen molar-refractivity contribution in [2.24, 2.45) is 0 Å². The monoisotopic (exact) mass is 135 g/mol. The van der Waals surface area contributed by atoms with Crippen molar-refractivity contribution < 1.29 is 40.9 Å². The van der Waals surface area contributed by atoms with E-state index in [4.69, 9.17) is 10.2 Å². The van der Waals surface area contributed by atoms with E-state index in [9.17, 15) is 4.79 Å². The topological polar surface area (TPSA) is 57.5 Å². The van der Waals surface area contributed by atoms with Crippen LogP contribution in [0.5, 0.6) is 0 Å². The minimum absolute atomic E-state index is 0. The molecule has 0 aliphatic rings. The van der Waals surface area contributed by atoms with Crippen molar-refractivity contribution in [2.45, 2.75) is 13.0 Å². The normalized spacial score (nSPS) is 11.7. The van der Waals surface area contributed by atoms with Gasteiger partial charge in [0, 0.05) is 25.8 Å². The Morgan fingerprint density at radius 2 is 1.86 bits per heavy atom. The van der Waals surface area contributed by atoms with Gasteiger partial charge in [-0.3, -0.25) is 0 Å². The average Bonchev–Trinajstić information content (AvgIpc) is 1.36. The number of hydrogen-bond donors (Lipinski definition) is 2. The van der Waals surface area contributed by atoms with Crippen molar-refractivity contribution >= 4 is 5.97 Å². The van der Waals surface area contributed by atoms with Crippen LogP contribution in [0.4, 0.5) is 0 Å². The summed E-state index contributed by atoms with van der Waals surface area (Å²) in [5, 5.41) is 15.8. The smallest absolute Gasteiger partial charge is 0.332 e. The second-order valence-corrected chi connectivity index (χ2v) is 1.01. The minimum atomic E-state index is -1.23. The van der Waals surface area contributed by atoms with Crippen molar-refractivity contribution in [3.05, 3.63) is 0 Å². The Kier molecular flexibility index (Phi) is 6.57. The molecule has 0 aromatic rings. The Morgan fingerprint density at radius 3 is 1.86 bits per heavy atom. The summed E-state index contributed by atoms with van der Waals surface area (Å²) in [6, 6.07) is 0. The van der Waals surface area contributed by atoms with Crippen molar-refractivity contribution in [3.63, 3.8) is 0 Å². The van der Waals surface area contributed by atoms with Crippen molar-refractivity contribution in [3.8, 4) is 0 Å². The molecular weight excluding hydrogens is 129 g/mol. The molecule has 0 fully saturated rings. The van der Waals surface area contributed by atoms with Crippen LogP contribution in [0.2, 0.25) is 0 Å². The summed E-state index contributed by atoms with van der Waals surface area (Å²) in [6.45, 7) is 1.20. The number of rotatable bonds is 1. The first kappa shape index (κ1) is 10.3. The third-order valence-corrected chi connectivity index (χ3v) is 0.357. The van der Waals surface area contributed by atoms with Crippen LogP contribution in [0.15, 0.2) is 0 Å². The van der Waals surface area contributed by atoms with Gasteiger partial charge >= 0.3 is 5.97 Å². The zero-order chi connectivity index (χ0) is 5.15. The number of aliphatic carboxylic acids is 1. The molecule has 2 N–H and O–H groups in total. The van der Waals surface area contributed by atoms with Crippen LogP contribution in [-0.2, 0) is 30.6 Å². The maximum absolute atomic E-state index is 9.45. The molecule has 7 heavy (non-hydrogen) atoms. The number of carboxylic acid groups (broad SMARTS) is 1. The van der Waals surface area contributed by atoms with Crippen LogP contribution in [0, 0.1) is 0 Å². The van der Waals surface area contributed by atoms with E-state index >= 15 is 0 Å². The molecule has 4 heteroatoms. The molecule has 0 spiro atoms. The molecule has 39 valence electrons. The van der Waals surface area contributed by atoms with Gasteiger partial charge in [0.25, 0.3) is 0 Å². The summed E-state index contributed by atoms with van der Waals surface area (Å²) in [5.41, 5.74) is 0.